The first kappa shape index (κ1) is 14.6. The largest absolute Gasteiger partial charge is 0.488 e. The van der Waals surface area contributed by atoms with Gasteiger partial charge in [-0.1, -0.05) is 19.1 Å². The number of rotatable bonds is 6. The van der Waals surface area contributed by atoms with E-state index in [1.165, 1.54) is 10.4 Å². The summed E-state index contributed by atoms with van der Waals surface area (Å²) in [6, 6.07) is 12.6. The number of hydrogen-bond acceptors (Lipinski definition) is 3. The molecule has 0 spiro atoms. The maximum Gasteiger partial charge on any atom is 0.122 e. The SMILES string of the molecule is CCC(N)Cc1ccc(OCc2ccc(Br)s2)cc1. The van der Waals surface area contributed by atoms with Gasteiger partial charge in [-0.05, 0) is 58.6 Å². The molecule has 4 heteroatoms. The standard InChI is InChI=1S/C15H18BrNOS/c1-2-12(17)9-11-3-5-13(6-4-11)18-10-14-7-8-15(16)19-14/h3-8,12H,2,9-10,17H2,1H3. The van der Waals surface area contributed by atoms with Gasteiger partial charge in [0.05, 0.1) is 3.79 Å². The highest BCUT2D eigenvalue weighted by atomic mass is 79.9. The smallest absolute Gasteiger partial charge is 0.122 e. The molecule has 2 N–H and O–H groups in total. The van der Waals surface area contributed by atoms with Crippen molar-refractivity contribution in [3.63, 3.8) is 0 Å². The monoisotopic (exact) mass is 339 g/mol. The molecule has 2 nitrogen and oxygen atoms in total. The van der Waals surface area contributed by atoms with Crippen LogP contribution in [0.5, 0.6) is 5.75 Å². The second-order valence-electron chi connectivity index (χ2n) is 4.51. The van der Waals surface area contributed by atoms with Crippen molar-refractivity contribution in [1.29, 1.82) is 0 Å². The van der Waals surface area contributed by atoms with Gasteiger partial charge >= 0.3 is 0 Å². The molecule has 0 aliphatic rings. The molecule has 1 heterocycles. The van der Waals surface area contributed by atoms with Crippen molar-refractivity contribution in [2.24, 2.45) is 5.73 Å². The molecule has 0 fully saturated rings. The first-order chi connectivity index (χ1) is 9.17. The first-order valence-corrected chi connectivity index (χ1v) is 8.00. The summed E-state index contributed by atoms with van der Waals surface area (Å²) in [5.74, 6) is 0.901. The lowest BCUT2D eigenvalue weighted by Gasteiger charge is -2.09. The number of thiophene rings is 1. The number of ether oxygens (including phenoxy) is 1. The predicted molar refractivity (Wildman–Crippen MR) is 84.8 cm³/mol. The van der Waals surface area contributed by atoms with E-state index in [1.807, 2.05) is 18.2 Å². The second kappa shape index (κ2) is 7.08. The maximum absolute atomic E-state index is 5.95. The predicted octanol–water partition coefficient (Wildman–Crippen LogP) is 4.37. The Morgan fingerprint density at radius 1 is 1.21 bits per heavy atom. The number of benzene rings is 1. The van der Waals surface area contributed by atoms with Crippen LogP contribution in [0.1, 0.15) is 23.8 Å². The topological polar surface area (TPSA) is 35.2 Å². The molecule has 2 aromatic rings. The summed E-state index contributed by atoms with van der Waals surface area (Å²) in [6.07, 6.45) is 1.93. The molecule has 0 saturated carbocycles. The second-order valence-corrected chi connectivity index (χ2v) is 7.06. The van der Waals surface area contributed by atoms with Gasteiger partial charge in [0.15, 0.2) is 0 Å². The molecular formula is C15H18BrNOS. The molecule has 0 aliphatic carbocycles. The minimum Gasteiger partial charge on any atom is -0.488 e. The van der Waals surface area contributed by atoms with Crippen molar-refractivity contribution in [3.8, 4) is 5.75 Å². The lowest BCUT2D eigenvalue weighted by atomic mass is 10.0. The van der Waals surface area contributed by atoms with Crippen molar-refractivity contribution in [1.82, 2.24) is 0 Å². The highest BCUT2D eigenvalue weighted by Crippen LogP contribution is 2.23. The van der Waals surface area contributed by atoms with E-state index < -0.39 is 0 Å². The van der Waals surface area contributed by atoms with Gasteiger partial charge in [-0.2, -0.15) is 0 Å². The zero-order valence-electron chi connectivity index (χ0n) is 10.9. The molecule has 0 amide bonds. The van der Waals surface area contributed by atoms with Crippen LogP contribution in [0.2, 0.25) is 0 Å². The van der Waals surface area contributed by atoms with E-state index in [-0.39, 0.29) is 6.04 Å². The molecule has 1 unspecified atom stereocenters. The quantitative estimate of drug-likeness (QED) is 0.847. The highest BCUT2D eigenvalue weighted by Gasteiger charge is 2.03. The molecule has 1 aromatic heterocycles. The van der Waals surface area contributed by atoms with Gasteiger partial charge in [-0.15, -0.1) is 11.3 Å². The van der Waals surface area contributed by atoms with Gasteiger partial charge in [0.25, 0.3) is 0 Å². The van der Waals surface area contributed by atoms with E-state index in [1.54, 1.807) is 11.3 Å². The minimum absolute atomic E-state index is 0.246. The molecular weight excluding hydrogens is 322 g/mol. The summed E-state index contributed by atoms with van der Waals surface area (Å²) in [5, 5.41) is 0. The van der Waals surface area contributed by atoms with Gasteiger partial charge < -0.3 is 10.5 Å². The molecule has 1 atom stereocenters. The van der Waals surface area contributed by atoms with Crippen molar-refractivity contribution in [2.75, 3.05) is 0 Å². The average molecular weight is 340 g/mol. The van der Waals surface area contributed by atoms with Crippen LogP contribution < -0.4 is 10.5 Å². The Kier molecular flexibility index (Phi) is 5.43. The third kappa shape index (κ3) is 4.64. The molecule has 0 saturated heterocycles. The Hall–Kier alpha value is -0.840. The van der Waals surface area contributed by atoms with Crippen LogP contribution in [-0.2, 0) is 13.0 Å². The average Bonchev–Trinajstić information content (AvgIpc) is 2.83. The normalized spacial score (nSPS) is 12.4. The highest BCUT2D eigenvalue weighted by molar-refractivity contribution is 9.11. The van der Waals surface area contributed by atoms with Gasteiger partial charge in [0.1, 0.15) is 12.4 Å². The van der Waals surface area contributed by atoms with Gasteiger partial charge in [-0.3, -0.25) is 0 Å². The number of halogens is 1. The Morgan fingerprint density at radius 3 is 2.53 bits per heavy atom. The molecule has 1 aromatic carbocycles. The van der Waals surface area contributed by atoms with Gasteiger partial charge in [0.2, 0.25) is 0 Å². The van der Waals surface area contributed by atoms with Crippen LogP contribution in [0.4, 0.5) is 0 Å². The lowest BCUT2D eigenvalue weighted by Crippen LogP contribution is -2.21. The Balaban J connectivity index is 1.88. The van der Waals surface area contributed by atoms with Gasteiger partial charge in [0, 0.05) is 10.9 Å². The summed E-state index contributed by atoms with van der Waals surface area (Å²) in [6.45, 7) is 2.73. The molecule has 0 aliphatic heterocycles. The molecule has 0 radical (unpaired) electrons. The number of nitrogens with two attached hydrogens (primary N) is 1. The van der Waals surface area contributed by atoms with E-state index in [9.17, 15) is 0 Å². The Morgan fingerprint density at radius 2 is 1.95 bits per heavy atom. The van der Waals surface area contributed by atoms with E-state index >= 15 is 0 Å². The van der Waals surface area contributed by atoms with Gasteiger partial charge in [-0.25, -0.2) is 0 Å². The van der Waals surface area contributed by atoms with Crippen LogP contribution >= 0.6 is 27.3 Å². The Bertz CT molecular complexity index is 509. The zero-order chi connectivity index (χ0) is 13.7. The molecule has 102 valence electrons. The fourth-order valence-corrected chi connectivity index (χ4v) is 3.15. The van der Waals surface area contributed by atoms with Crippen LogP contribution in [0.15, 0.2) is 40.2 Å². The third-order valence-corrected chi connectivity index (χ3v) is 4.55. The van der Waals surface area contributed by atoms with Crippen molar-refractivity contribution < 1.29 is 4.74 Å². The van der Waals surface area contributed by atoms with E-state index in [0.29, 0.717) is 6.61 Å². The van der Waals surface area contributed by atoms with Crippen molar-refractivity contribution in [2.45, 2.75) is 32.4 Å². The first-order valence-electron chi connectivity index (χ1n) is 6.39. The fourth-order valence-electron chi connectivity index (χ4n) is 1.75. The maximum atomic E-state index is 5.95. The van der Waals surface area contributed by atoms with E-state index in [4.69, 9.17) is 10.5 Å². The number of hydrogen-bond donors (Lipinski definition) is 1. The van der Waals surface area contributed by atoms with E-state index in [2.05, 4.69) is 41.1 Å². The summed E-state index contributed by atoms with van der Waals surface area (Å²) >= 11 is 5.15. The Labute approximate surface area is 126 Å². The van der Waals surface area contributed by atoms with Crippen LogP contribution in [0.3, 0.4) is 0 Å². The third-order valence-electron chi connectivity index (χ3n) is 2.96. The van der Waals surface area contributed by atoms with Crippen molar-refractivity contribution >= 4 is 27.3 Å². The minimum atomic E-state index is 0.246. The summed E-state index contributed by atoms with van der Waals surface area (Å²) in [5.41, 5.74) is 7.21. The fraction of sp³-hybridized carbons (Fsp3) is 0.333. The molecule has 19 heavy (non-hydrogen) atoms. The van der Waals surface area contributed by atoms with Crippen LogP contribution in [0, 0.1) is 0 Å². The summed E-state index contributed by atoms with van der Waals surface area (Å²) in [4.78, 5) is 1.21. The van der Waals surface area contributed by atoms with Crippen LogP contribution in [-0.4, -0.2) is 6.04 Å². The van der Waals surface area contributed by atoms with Crippen molar-refractivity contribution in [3.05, 3.63) is 50.6 Å². The molecule has 2 rings (SSSR count). The van der Waals surface area contributed by atoms with Crippen LogP contribution in [0.25, 0.3) is 0 Å². The lowest BCUT2D eigenvalue weighted by molar-refractivity contribution is 0.309. The summed E-state index contributed by atoms with van der Waals surface area (Å²) in [7, 11) is 0. The zero-order valence-corrected chi connectivity index (χ0v) is 13.3. The molecule has 0 bridgehead atoms. The summed E-state index contributed by atoms with van der Waals surface area (Å²) < 4.78 is 6.88. The van der Waals surface area contributed by atoms with E-state index in [0.717, 1.165) is 22.4 Å².